The van der Waals surface area contributed by atoms with Crippen LogP contribution in [0.25, 0.3) is 11.0 Å². The Morgan fingerprint density at radius 1 is 1.31 bits per heavy atom. The summed E-state index contributed by atoms with van der Waals surface area (Å²) in [5.74, 6) is 0.914. The van der Waals surface area contributed by atoms with Crippen molar-refractivity contribution in [3.8, 4) is 0 Å². The maximum Gasteiger partial charge on any atom is 0.139 e. The van der Waals surface area contributed by atoms with E-state index in [1.54, 1.807) is 12.5 Å². The van der Waals surface area contributed by atoms with Crippen molar-refractivity contribution in [3.05, 3.63) is 24.6 Å². The number of fused-ring (bicyclic) bond motifs is 1. The van der Waals surface area contributed by atoms with Crippen LogP contribution >= 0.6 is 0 Å². The molecule has 0 saturated carbocycles. The molecule has 86 valence electrons. The number of nitrogens with zero attached hydrogens (tertiary/aromatic N) is 1. The van der Waals surface area contributed by atoms with E-state index < -0.39 is 0 Å². The molecule has 0 amide bonds. The second-order valence-electron chi connectivity index (χ2n) is 4.38. The molecule has 1 N–H and O–H groups in total. The molecule has 0 radical (unpaired) electrons. The van der Waals surface area contributed by atoms with Gasteiger partial charge in [-0.15, -0.1) is 0 Å². The largest absolute Gasteiger partial charge is 0.464 e. The van der Waals surface area contributed by atoms with Gasteiger partial charge < -0.3 is 9.73 Å². The molecule has 0 saturated heterocycles. The van der Waals surface area contributed by atoms with Gasteiger partial charge in [-0.05, 0) is 31.9 Å². The highest BCUT2D eigenvalue weighted by molar-refractivity contribution is 5.88. The summed E-state index contributed by atoms with van der Waals surface area (Å²) in [6.45, 7) is 6.59. The summed E-state index contributed by atoms with van der Waals surface area (Å²) in [5, 5.41) is 4.56. The van der Waals surface area contributed by atoms with Crippen molar-refractivity contribution >= 4 is 16.8 Å². The average molecular weight is 218 g/mol. The van der Waals surface area contributed by atoms with Gasteiger partial charge in [0, 0.05) is 11.7 Å². The highest BCUT2D eigenvalue weighted by Gasteiger charge is 2.20. The van der Waals surface area contributed by atoms with E-state index in [-0.39, 0.29) is 5.54 Å². The van der Waals surface area contributed by atoms with Gasteiger partial charge in [-0.3, -0.25) is 0 Å². The van der Waals surface area contributed by atoms with Gasteiger partial charge >= 0.3 is 0 Å². The van der Waals surface area contributed by atoms with Crippen LogP contribution in [0.4, 0.5) is 5.82 Å². The molecule has 2 heterocycles. The first kappa shape index (κ1) is 11.0. The number of hydrogen-bond donors (Lipinski definition) is 1. The number of aromatic nitrogens is 1. The van der Waals surface area contributed by atoms with Gasteiger partial charge in [-0.2, -0.15) is 0 Å². The van der Waals surface area contributed by atoms with Crippen LogP contribution in [0.15, 0.2) is 29.0 Å². The molecule has 3 heteroatoms. The normalized spacial score (nSPS) is 11.9. The Balaban J connectivity index is 2.37. The molecular formula is C13H18N2O. The molecule has 16 heavy (non-hydrogen) atoms. The Labute approximate surface area is 95.9 Å². The van der Waals surface area contributed by atoms with E-state index in [0.29, 0.717) is 0 Å². The molecule has 0 aliphatic heterocycles. The number of hydrogen-bond acceptors (Lipinski definition) is 3. The van der Waals surface area contributed by atoms with Crippen LogP contribution in [-0.2, 0) is 0 Å². The molecule has 3 nitrogen and oxygen atoms in total. The van der Waals surface area contributed by atoms with Crippen molar-refractivity contribution in [2.45, 2.75) is 39.2 Å². The van der Waals surface area contributed by atoms with Gasteiger partial charge in [-0.25, -0.2) is 4.98 Å². The van der Waals surface area contributed by atoms with E-state index in [2.05, 4.69) is 31.1 Å². The maximum atomic E-state index is 5.36. The van der Waals surface area contributed by atoms with Crippen LogP contribution in [-0.4, -0.2) is 10.5 Å². The fraction of sp³-hybridized carbons (Fsp3) is 0.462. The predicted octanol–water partition coefficient (Wildman–Crippen LogP) is 3.82. The van der Waals surface area contributed by atoms with E-state index in [1.807, 2.05) is 12.1 Å². The first-order valence-electron chi connectivity index (χ1n) is 5.79. The quantitative estimate of drug-likeness (QED) is 0.847. The average Bonchev–Trinajstić information content (AvgIpc) is 2.78. The molecule has 2 rings (SSSR count). The lowest BCUT2D eigenvalue weighted by Crippen LogP contribution is -2.33. The Bertz CT molecular complexity index is 471. The monoisotopic (exact) mass is 218 g/mol. The minimum Gasteiger partial charge on any atom is -0.464 e. The molecule has 0 spiro atoms. The van der Waals surface area contributed by atoms with Gasteiger partial charge in [0.1, 0.15) is 11.4 Å². The smallest absolute Gasteiger partial charge is 0.139 e. The Morgan fingerprint density at radius 2 is 2.06 bits per heavy atom. The summed E-state index contributed by atoms with van der Waals surface area (Å²) in [6, 6.07) is 3.84. The topological polar surface area (TPSA) is 38.1 Å². The standard InChI is InChI=1S/C13H18N2O/c1-4-13(3,5-2)15-12-10-7-9-16-11(10)6-8-14-12/h6-9H,4-5H2,1-3H3,(H,14,15). The van der Waals surface area contributed by atoms with Crippen LogP contribution in [0.5, 0.6) is 0 Å². The molecule has 0 aliphatic carbocycles. The number of nitrogens with one attached hydrogen (secondary N) is 1. The molecule has 0 aliphatic rings. The third-order valence-corrected chi connectivity index (χ3v) is 3.36. The Morgan fingerprint density at radius 3 is 2.75 bits per heavy atom. The number of rotatable bonds is 4. The van der Waals surface area contributed by atoms with Crippen LogP contribution in [0.3, 0.4) is 0 Å². The van der Waals surface area contributed by atoms with E-state index in [0.717, 1.165) is 29.6 Å². The van der Waals surface area contributed by atoms with Crippen molar-refractivity contribution in [2.75, 3.05) is 5.32 Å². The van der Waals surface area contributed by atoms with E-state index in [9.17, 15) is 0 Å². The van der Waals surface area contributed by atoms with Crippen LogP contribution < -0.4 is 5.32 Å². The fourth-order valence-corrected chi connectivity index (χ4v) is 1.71. The van der Waals surface area contributed by atoms with Crippen molar-refractivity contribution < 1.29 is 4.42 Å². The summed E-state index contributed by atoms with van der Waals surface area (Å²) < 4.78 is 5.36. The minimum absolute atomic E-state index is 0.0958. The lowest BCUT2D eigenvalue weighted by molar-refractivity contribution is 0.477. The molecule has 0 fully saturated rings. The van der Waals surface area contributed by atoms with Crippen molar-refractivity contribution in [1.82, 2.24) is 4.98 Å². The third kappa shape index (κ3) is 1.90. The second kappa shape index (κ2) is 4.16. The highest BCUT2D eigenvalue weighted by Crippen LogP contribution is 2.26. The third-order valence-electron chi connectivity index (χ3n) is 3.36. The summed E-state index contributed by atoms with van der Waals surface area (Å²) in [7, 11) is 0. The molecule has 0 unspecified atom stereocenters. The Kier molecular flexibility index (Phi) is 2.86. The van der Waals surface area contributed by atoms with Crippen LogP contribution in [0.2, 0.25) is 0 Å². The first-order chi connectivity index (χ1) is 7.68. The highest BCUT2D eigenvalue weighted by atomic mass is 16.3. The summed E-state index contributed by atoms with van der Waals surface area (Å²) in [6.07, 6.45) is 5.62. The van der Waals surface area contributed by atoms with Gasteiger partial charge in [0.2, 0.25) is 0 Å². The summed E-state index contributed by atoms with van der Waals surface area (Å²) >= 11 is 0. The van der Waals surface area contributed by atoms with E-state index in [1.165, 1.54) is 0 Å². The Hall–Kier alpha value is -1.51. The molecule has 0 atom stereocenters. The predicted molar refractivity (Wildman–Crippen MR) is 66.6 cm³/mol. The van der Waals surface area contributed by atoms with E-state index >= 15 is 0 Å². The van der Waals surface area contributed by atoms with Crippen molar-refractivity contribution in [2.24, 2.45) is 0 Å². The zero-order chi connectivity index (χ0) is 11.6. The van der Waals surface area contributed by atoms with Crippen molar-refractivity contribution in [1.29, 1.82) is 0 Å². The molecule has 2 aromatic rings. The SMILES string of the molecule is CCC(C)(CC)Nc1nccc2occc12. The van der Waals surface area contributed by atoms with Gasteiger partial charge in [0.15, 0.2) is 0 Å². The van der Waals surface area contributed by atoms with Crippen LogP contribution in [0.1, 0.15) is 33.6 Å². The van der Waals surface area contributed by atoms with Gasteiger partial charge in [-0.1, -0.05) is 13.8 Å². The summed E-state index contributed by atoms with van der Waals surface area (Å²) in [5.41, 5.74) is 0.977. The number of anilines is 1. The van der Waals surface area contributed by atoms with E-state index in [4.69, 9.17) is 4.42 Å². The van der Waals surface area contributed by atoms with Crippen molar-refractivity contribution in [3.63, 3.8) is 0 Å². The summed E-state index contributed by atoms with van der Waals surface area (Å²) in [4.78, 5) is 4.39. The molecule has 0 aromatic carbocycles. The number of furan rings is 1. The molecule has 2 aromatic heterocycles. The van der Waals surface area contributed by atoms with Gasteiger partial charge in [0.05, 0.1) is 11.6 Å². The second-order valence-corrected chi connectivity index (χ2v) is 4.38. The minimum atomic E-state index is 0.0958. The molecular weight excluding hydrogens is 200 g/mol. The number of pyridine rings is 1. The molecule has 0 bridgehead atoms. The zero-order valence-electron chi connectivity index (χ0n) is 10.1. The van der Waals surface area contributed by atoms with Gasteiger partial charge in [0.25, 0.3) is 0 Å². The lowest BCUT2D eigenvalue weighted by atomic mass is 9.95. The first-order valence-corrected chi connectivity index (χ1v) is 5.79. The zero-order valence-corrected chi connectivity index (χ0v) is 10.1. The fourth-order valence-electron chi connectivity index (χ4n) is 1.71. The maximum absolute atomic E-state index is 5.36. The van der Waals surface area contributed by atoms with Crippen LogP contribution in [0, 0.1) is 0 Å². The lowest BCUT2D eigenvalue weighted by Gasteiger charge is -2.29.